The largest absolute Gasteiger partial charge is 0.507 e. The van der Waals surface area contributed by atoms with Crippen LogP contribution in [-0.4, -0.2) is 17.3 Å². The monoisotopic (exact) mass is 336 g/mol. The summed E-state index contributed by atoms with van der Waals surface area (Å²) in [7, 11) is 0. The van der Waals surface area contributed by atoms with Crippen molar-refractivity contribution >= 4 is 0 Å². The quantitative estimate of drug-likeness (QED) is 0.687. The summed E-state index contributed by atoms with van der Waals surface area (Å²) >= 11 is 0. The molecule has 1 N–H and O–H groups in total. The first-order valence-corrected chi connectivity index (χ1v) is 8.92. The van der Waals surface area contributed by atoms with Crippen LogP contribution in [0.5, 0.6) is 5.75 Å². The van der Waals surface area contributed by atoms with E-state index in [0.717, 1.165) is 16.7 Å². The van der Waals surface area contributed by atoms with Crippen LogP contribution in [0.15, 0.2) is 12.1 Å². The molecule has 1 rings (SSSR count). The minimum atomic E-state index is -0.437. The fourth-order valence-electron chi connectivity index (χ4n) is 2.62. The van der Waals surface area contributed by atoms with Gasteiger partial charge in [0.25, 0.3) is 0 Å². The molecule has 0 aromatic heterocycles. The highest BCUT2D eigenvalue weighted by molar-refractivity contribution is 5.50. The predicted molar refractivity (Wildman–Crippen MR) is 101 cm³/mol. The van der Waals surface area contributed by atoms with Gasteiger partial charge in [0.05, 0.1) is 12.2 Å². The summed E-state index contributed by atoms with van der Waals surface area (Å²) in [5, 5.41) is 10.8. The van der Waals surface area contributed by atoms with Crippen molar-refractivity contribution in [2.45, 2.75) is 98.6 Å². The lowest BCUT2D eigenvalue weighted by molar-refractivity contribution is -0.185. The highest BCUT2D eigenvalue weighted by Crippen LogP contribution is 2.41. The van der Waals surface area contributed by atoms with Crippen LogP contribution in [0.3, 0.4) is 0 Å². The molecule has 1 aromatic carbocycles. The van der Waals surface area contributed by atoms with Gasteiger partial charge in [0.15, 0.2) is 6.29 Å². The van der Waals surface area contributed by atoms with Gasteiger partial charge < -0.3 is 14.6 Å². The lowest BCUT2D eigenvalue weighted by Crippen LogP contribution is -2.22. The van der Waals surface area contributed by atoms with E-state index < -0.39 is 6.29 Å². The lowest BCUT2D eigenvalue weighted by Gasteiger charge is -2.31. The second kappa shape index (κ2) is 7.45. The SMILES string of the molecule is CC(C)OC(OC(C)C)c1cc(C(C)(C)C)c(O)c(C(C)(C)C)c1. The summed E-state index contributed by atoms with van der Waals surface area (Å²) in [6.45, 7) is 20.7. The molecule has 0 saturated heterocycles. The molecule has 0 saturated carbocycles. The number of phenolic OH excluding ortho intramolecular Hbond substituents is 1. The van der Waals surface area contributed by atoms with Crippen LogP contribution in [0.1, 0.15) is 92.2 Å². The zero-order valence-corrected chi connectivity index (χ0v) is 17.2. The van der Waals surface area contributed by atoms with Gasteiger partial charge >= 0.3 is 0 Å². The van der Waals surface area contributed by atoms with E-state index in [9.17, 15) is 5.11 Å². The van der Waals surface area contributed by atoms with Gasteiger partial charge in [0, 0.05) is 5.56 Å². The standard InChI is InChI=1S/C21H36O3/c1-13(2)23-19(24-14(3)4)15-11-16(20(5,6)7)18(22)17(12-15)21(8,9)10/h11-14,19,22H,1-10H3. The van der Waals surface area contributed by atoms with Crippen molar-refractivity contribution in [3.63, 3.8) is 0 Å². The molecule has 1 aromatic rings. The Bertz CT molecular complexity index is 500. The molecule has 0 aliphatic carbocycles. The smallest absolute Gasteiger partial charge is 0.184 e. The van der Waals surface area contributed by atoms with E-state index in [4.69, 9.17) is 9.47 Å². The molecule has 0 atom stereocenters. The van der Waals surface area contributed by atoms with Crippen molar-refractivity contribution in [1.29, 1.82) is 0 Å². The normalized spacial score (nSPS) is 13.4. The molecule has 0 amide bonds. The first kappa shape index (κ1) is 21.0. The maximum atomic E-state index is 10.8. The molecule has 0 radical (unpaired) electrons. The van der Waals surface area contributed by atoms with Crippen LogP contribution in [0.2, 0.25) is 0 Å². The number of rotatable bonds is 5. The lowest BCUT2D eigenvalue weighted by atomic mass is 9.78. The summed E-state index contributed by atoms with van der Waals surface area (Å²) in [4.78, 5) is 0. The Kier molecular flexibility index (Phi) is 6.51. The molecule has 0 heterocycles. The topological polar surface area (TPSA) is 38.7 Å². The van der Waals surface area contributed by atoms with Crippen LogP contribution < -0.4 is 0 Å². The van der Waals surface area contributed by atoms with E-state index in [0.29, 0.717) is 5.75 Å². The van der Waals surface area contributed by atoms with Crippen molar-refractivity contribution in [2.75, 3.05) is 0 Å². The minimum absolute atomic E-state index is 0.0544. The molecular weight excluding hydrogens is 300 g/mol. The molecule has 0 bridgehead atoms. The van der Waals surface area contributed by atoms with E-state index in [1.165, 1.54) is 0 Å². The number of hydrogen-bond acceptors (Lipinski definition) is 3. The van der Waals surface area contributed by atoms with E-state index in [-0.39, 0.29) is 23.0 Å². The molecule has 0 aliphatic heterocycles. The molecule has 3 heteroatoms. The first-order chi connectivity index (χ1) is 10.7. The van der Waals surface area contributed by atoms with Gasteiger partial charge in [-0.2, -0.15) is 0 Å². The fraction of sp³-hybridized carbons (Fsp3) is 0.714. The Morgan fingerprint density at radius 1 is 0.750 bits per heavy atom. The Hall–Kier alpha value is -1.06. The van der Waals surface area contributed by atoms with Crippen molar-refractivity contribution in [3.8, 4) is 5.75 Å². The van der Waals surface area contributed by atoms with Crippen molar-refractivity contribution < 1.29 is 14.6 Å². The molecule has 24 heavy (non-hydrogen) atoms. The zero-order chi connectivity index (χ0) is 18.9. The Labute approximate surface area is 148 Å². The van der Waals surface area contributed by atoms with Gasteiger partial charge in [0.1, 0.15) is 5.75 Å². The maximum Gasteiger partial charge on any atom is 0.184 e. The van der Waals surface area contributed by atoms with Crippen LogP contribution >= 0.6 is 0 Å². The number of benzene rings is 1. The maximum absolute atomic E-state index is 10.8. The number of aromatic hydroxyl groups is 1. The first-order valence-electron chi connectivity index (χ1n) is 8.92. The van der Waals surface area contributed by atoms with Gasteiger partial charge in [-0.1, -0.05) is 41.5 Å². The fourth-order valence-corrected chi connectivity index (χ4v) is 2.62. The average molecular weight is 337 g/mol. The Balaban J connectivity index is 3.55. The van der Waals surface area contributed by atoms with Crippen LogP contribution in [-0.2, 0) is 20.3 Å². The molecule has 0 aliphatic rings. The second-order valence-corrected chi connectivity index (χ2v) is 9.17. The highest BCUT2D eigenvalue weighted by Gasteiger charge is 2.29. The zero-order valence-electron chi connectivity index (χ0n) is 17.2. The predicted octanol–water partition coefficient (Wildman–Crippen LogP) is 5.84. The third-order valence-electron chi connectivity index (χ3n) is 3.81. The van der Waals surface area contributed by atoms with Gasteiger partial charge in [-0.25, -0.2) is 0 Å². The van der Waals surface area contributed by atoms with Gasteiger partial charge in [0.2, 0.25) is 0 Å². The average Bonchev–Trinajstić information content (AvgIpc) is 2.34. The molecule has 0 fully saturated rings. The third-order valence-corrected chi connectivity index (χ3v) is 3.81. The summed E-state index contributed by atoms with van der Waals surface area (Å²) < 4.78 is 12.0. The van der Waals surface area contributed by atoms with Gasteiger partial charge in [-0.3, -0.25) is 0 Å². The highest BCUT2D eigenvalue weighted by atomic mass is 16.7. The van der Waals surface area contributed by atoms with Crippen LogP contribution in [0, 0.1) is 0 Å². The number of ether oxygens (including phenoxy) is 2. The van der Waals surface area contributed by atoms with Crippen molar-refractivity contribution in [1.82, 2.24) is 0 Å². The molecule has 138 valence electrons. The Morgan fingerprint density at radius 2 is 1.08 bits per heavy atom. The summed E-state index contributed by atoms with van der Waals surface area (Å²) in [5.74, 6) is 0.381. The molecule has 0 unspecified atom stereocenters. The summed E-state index contributed by atoms with van der Waals surface area (Å²) in [6.07, 6.45) is -0.328. The van der Waals surface area contributed by atoms with Crippen LogP contribution in [0.4, 0.5) is 0 Å². The third kappa shape index (κ3) is 5.49. The van der Waals surface area contributed by atoms with Crippen molar-refractivity contribution in [3.05, 3.63) is 28.8 Å². The molecule has 0 spiro atoms. The van der Waals surface area contributed by atoms with Gasteiger partial charge in [-0.05, 0) is 61.8 Å². The number of hydrogen-bond donors (Lipinski definition) is 1. The van der Waals surface area contributed by atoms with Crippen LogP contribution in [0.25, 0.3) is 0 Å². The number of phenols is 1. The van der Waals surface area contributed by atoms with Gasteiger partial charge in [-0.15, -0.1) is 0 Å². The summed E-state index contributed by atoms with van der Waals surface area (Å²) in [6, 6.07) is 4.06. The minimum Gasteiger partial charge on any atom is -0.507 e. The van der Waals surface area contributed by atoms with E-state index in [1.54, 1.807) is 0 Å². The summed E-state index contributed by atoms with van der Waals surface area (Å²) in [5.41, 5.74) is 2.48. The second-order valence-electron chi connectivity index (χ2n) is 9.17. The molecular formula is C21H36O3. The van der Waals surface area contributed by atoms with E-state index in [1.807, 2.05) is 39.8 Å². The van der Waals surface area contributed by atoms with E-state index in [2.05, 4.69) is 41.5 Å². The Morgan fingerprint density at radius 3 is 1.33 bits per heavy atom. The van der Waals surface area contributed by atoms with E-state index >= 15 is 0 Å². The molecule has 3 nitrogen and oxygen atoms in total. The van der Waals surface area contributed by atoms with Crippen molar-refractivity contribution in [2.24, 2.45) is 0 Å².